The molecule has 9 N–H and O–H groups in total. The van der Waals surface area contributed by atoms with Gasteiger partial charge in [0.2, 0.25) is 17.7 Å². The highest BCUT2D eigenvalue weighted by molar-refractivity contribution is 6.60. The molecule has 109 heavy (non-hydrogen) atoms. The number of aliphatic hydroxyl groups is 6. The summed E-state index contributed by atoms with van der Waals surface area (Å²) in [6.07, 6.45) is 77.0. The second-order valence-corrected chi connectivity index (χ2v) is 37.4. The van der Waals surface area contributed by atoms with E-state index in [1.807, 2.05) is 0 Å². The molecule has 17 heteroatoms. The Balaban J connectivity index is 7.09. The number of hydrogen-bond acceptors (Lipinski definition) is 12. The van der Waals surface area contributed by atoms with E-state index < -0.39 is 84.9 Å². The first kappa shape index (κ1) is 107. The van der Waals surface area contributed by atoms with Gasteiger partial charge in [-0.2, -0.15) is 0 Å². The maximum absolute atomic E-state index is 14.0. The smallest absolute Gasteiger partial charge is 0.394 e. The van der Waals surface area contributed by atoms with Gasteiger partial charge in [-0.25, -0.2) is 0 Å². The highest BCUT2D eigenvalue weighted by Crippen LogP contribution is 2.28. The molecule has 0 saturated carbocycles. The molecule has 0 unspecified atom stereocenters. The van der Waals surface area contributed by atoms with Gasteiger partial charge in [0.15, 0.2) is 0 Å². The van der Waals surface area contributed by atoms with Gasteiger partial charge in [-0.15, -0.1) is 0 Å². The summed E-state index contributed by atoms with van der Waals surface area (Å²) in [6, 6.07) is 0.135. The summed E-state index contributed by atoms with van der Waals surface area (Å²) in [4.78, 5) is 42.0. The van der Waals surface area contributed by atoms with E-state index in [4.69, 9.17) is 13.3 Å². The fourth-order valence-corrected chi connectivity index (χ4v) is 18.3. The van der Waals surface area contributed by atoms with Crippen LogP contribution in [-0.4, -0.2) is 164 Å². The van der Waals surface area contributed by atoms with Gasteiger partial charge in [-0.05, 0) is 44.9 Å². The molecule has 0 aromatic carbocycles. The zero-order chi connectivity index (χ0) is 80.0. The van der Waals surface area contributed by atoms with E-state index in [1.54, 1.807) is 0 Å². The standard InChI is InChI=1S/C92H186N4O12Si/c1-7-12-17-22-27-32-35-38-41-44-47-50-55-60-65-71-87(103)93-90(78-97,79-98)84-106-109(77-70-76-96(6,74-68-63-58-53-30-25-20-15-10-4)75-69-64-59-54-31-26-21-16-11-5,107-85-91(80-99,81-100)94-88(104)72-66-61-56-51-48-45-42-39-36-33-28-23-18-13-8-2)108-86-92(82-101,83-102)95-89(105)73-67-62-57-52-49-46-43-40-37-34-29-24-19-14-9-3/h97-102H,7-86H2,1-6H3,(H2-,93,94,95,103,104,105)/p+1. The van der Waals surface area contributed by atoms with Gasteiger partial charge in [0.1, 0.15) is 16.6 Å². The number of quaternary nitrogens is 1. The summed E-state index contributed by atoms with van der Waals surface area (Å²) in [7, 11) is -2.08. The maximum atomic E-state index is 14.0. The summed E-state index contributed by atoms with van der Waals surface area (Å²) in [5.74, 6) is -1.03. The quantitative estimate of drug-likeness (QED) is 0.0157. The van der Waals surface area contributed by atoms with Gasteiger partial charge < -0.3 is 64.4 Å². The van der Waals surface area contributed by atoms with Crippen molar-refractivity contribution in [3.63, 3.8) is 0 Å². The number of carbonyl (C=O) groups excluding carboxylic acids is 3. The van der Waals surface area contributed by atoms with Crippen LogP contribution in [0.2, 0.25) is 6.04 Å². The Labute approximate surface area is 675 Å². The van der Waals surface area contributed by atoms with Crippen molar-refractivity contribution < 1.29 is 62.8 Å². The Morgan fingerprint density at radius 2 is 0.404 bits per heavy atom. The largest absolute Gasteiger partial charge is 0.501 e. The fourth-order valence-electron chi connectivity index (χ4n) is 15.5. The molecule has 0 rings (SSSR count). The summed E-state index contributed by atoms with van der Waals surface area (Å²) in [6.45, 7) is 8.42. The normalized spacial score (nSPS) is 12.4. The lowest BCUT2D eigenvalue weighted by atomic mass is 10.0. The monoisotopic (exact) mass is 1570 g/mol. The SMILES string of the molecule is CCCCCCCCCCCCCCCCCC(=O)NC(CO)(CO)CO[Si](CCC[N+](C)(CCCCCCCCCCC)CCCCCCCCCCC)(OCC(CO)(CO)NC(=O)CCCCCCCCCCCCCCCCC)OCC(CO)(CO)NC(=O)CCCCCCCCCCCCCCCCC. The van der Waals surface area contributed by atoms with E-state index in [9.17, 15) is 45.0 Å². The number of nitrogens with zero attached hydrogens (tertiary/aromatic N) is 1. The number of carbonyl (C=O) groups is 3. The second kappa shape index (κ2) is 77.5. The van der Waals surface area contributed by atoms with Crippen LogP contribution < -0.4 is 16.0 Å². The minimum absolute atomic E-state index is 0.135. The Hall–Kier alpha value is -1.77. The number of rotatable bonds is 90. The van der Waals surface area contributed by atoms with Crippen LogP contribution in [0.25, 0.3) is 0 Å². The first-order valence-corrected chi connectivity index (χ1v) is 49.4. The molecule has 16 nitrogen and oxygen atoms in total. The van der Waals surface area contributed by atoms with Crippen molar-refractivity contribution in [2.75, 3.05) is 86.1 Å². The second-order valence-electron chi connectivity index (χ2n) is 34.6. The summed E-state index contributed by atoms with van der Waals surface area (Å²) in [5, 5.41) is 76.7. The predicted molar refractivity (Wildman–Crippen MR) is 462 cm³/mol. The molecule has 0 aliphatic heterocycles. The zero-order valence-corrected chi connectivity index (χ0v) is 74.1. The van der Waals surface area contributed by atoms with E-state index in [0.717, 1.165) is 101 Å². The van der Waals surface area contributed by atoms with Crippen molar-refractivity contribution in [2.45, 2.75) is 487 Å². The molecular weight excluding hydrogens is 1380 g/mol. The molecule has 3 amide bonds. The van der Waals surface area contributed by atoms with E-state index >= 15 is 0 Å². The van der Waals surface area contributed by atoms with Crippen LogP contribution in [-0.2, 0) is 27.7 Å². The van der Waals surface area contributed by atoms with Crippen molar-refractivity contribution in [3.8, 4) is 0 Å². The van der Waals surface area contributed by atoms with E-state index in [2.05, 4.69) is 57.6 Å². The number of hydrogen-bond donors (Lipinski definition) is 9. The van der Waals surface area contributed by atoms with Gasteiger partial charge >= 0.3 is 8.80 Å². The maximum Gasteiger partial charge on any atom is 0.501 e. The van der Waals surface area contributed by atoms with Crippen molar-refractivity contribution in [1.82, 2.24) is 16.0 Å². The Morgan fingerprint density at radius 1 is 0.248 bits per heavy atom. The van der Waals surface area contributed by atoms with Crippen LogP contribution in [0.1, 0.15) is 465 Å². The third kappa shape index (κ3) is 63.1. The first-order valence-electron chi connectivity index (χ1n) is 47.5. The number of unbranched alkanes of at least 4 members (excludes halogenated alkanes) is 58. The van der Waals surface area contributed by atoms with Crippen LogP contribution in [0.4, 0.5) is 0 Å². The van der Waals surface area contributed by atoms with Gasteiger partial charge in [0.05, 0.1) is 86.1 Å². The Bertz CT molecular complexity index is 1760. The fraction of sp³-hybridized carbons (Fsp3) is 0.967. The van der Waals surface area contributed by atoms with Gasteiger partial charge in [-0.3, -0.25) is 14.4 Å². The molecule has 0 aromatic rings. The zero-order valence-electron chi connectivity index (χ0n) is 73.1. The van der Waals surface area contributed by atoms with Crippen molar-refractivity contribution in [2.24, 2.45) is 0 Å². The summed E-state index contributed by atoms with van der Waals surface area (Å²) in [5.41, 5.74) is -5.10. The Morgan fingerprint density at radius 3 is 0.578 bits per heavy atom. The molecular formula is C92H187N4O12Si+. The average Bonchev–Trinajstić information content (AvgIpc) is 0.789. The lowest BCUT2D eigenvalue weighted by molar-refractivity contribution is -0.910. The summed E-state index contributed by atoms with van der Waals surface area (Å²) >= 11 is 0. The molecule has 0 heterocycles. The van der Waals surface area contributed by atoms with Gasteiger partial charge in [0.25, 0.3) is 0 Å². The highest BCUT2D eigenvalue weighted by atomic mass is 28.4. The lowest BCUT2D eigenvalue weighted by Crippen LogP contribution is -2.65. The van der Waals surface area contributed by atoms with Gasteiger partial charge in [-0.1, -0.05) is 394 Å². The Kier molecular flexibility index (Phi) is 76.2. The van der Waals surface area contributed by atoms with Crippen molar-refractivity contribution in [1.29, 1.82) is 0 Å². The minimum Gasteiger partial charge on any atom is -0.394 e. The molecule has 650 valence electrons. The van der Waals surface area contributed by atoms with Crippen molar-refractivity contribution in [3.05, 3.63) is 0 Å². The van der Waals surface area contributed by atoms with Crippen LogP contribution in [0, 0.1) is 0 Å². The highest BCUT2D eigenvalue weighted by Gasteiger charge is 2.49. The average molecular weight is 1570 g/mol. The topological polar surface area (TPSA) is 236 Å². The van der Waals surface area contributed by atoms with E-state index in [-0.39, 0.29) is 43.0 Å². The molecule has 0 aliphatic carbocycles. The van der Waals surface area contributed by atoms with Crippen LogP contribution in [0.15, 0.2) is 0 Å². The molecule has 0 aliphatic rings. The predicted octanol–water partition coefficient (Wildman–Crippen LogP) is 22.2. The molecule has 0 bridgehead atoms. The molecule has 0 atom stereocenters. The van der Waals surface area contributed by atoms with E-state index in [0.29, 0.717) is 32.2 Å². The third-order valence-corrected chi connectivity index (χ3v) is 26.3. The number of nitrogens with one attached hydrogen (secondary N) is 3. The van der Waals surface area contributed by atoms with Crippen LogP contribution in [0.5, 0.6) is 0 Å². The van der Waals surface area contributed by atoms with Crippen molar-refractivity contribution >= 4 is 26.5 Å². The first-order chi connectivity index (χ1) is 53.2. The molecule has 0 radical (unpaired) electrons. The molecule has 0 spiro atoms. The molecule has 0 aromatic heterocycles. The van der Waals surface area contributed by atoms with Crippen LogP contribution >= 0.6 is 0 Å². The van der Waals surface area contributed by atoms with Crippen LogP contribution in [0.3, 0.4) is 0 Å². The molecule has 0 fully saturated rings. The number of aliphatic hydroxyl groups excluding tert-OH is 6. The third-order valence-electron chi connectivity index (χ3n) is 23.5. The van der Waals surface area contributed by atoms with E-state index in [1.165, 1.54) is 302 Å². The number of amides is 3. The lowest BCUT2D eigenvalue weighted by Gasteiger charge is -2.41. The minimum atomic E-state index is -4.42. The summed E-state index contributed by atoms with van der Waals surface area (Å²) < 4.78 is 21.9. The van der Waals surface area contributed by atoms with Gasteiger partial charge in [0, 0.05) is 31.7 Å². The molecule has 0 saturated heterocycles.